The van der Waals surface area contributed by atoms with E-state index in [1.807, 2.05) is 27.7 Å². The van der Waals surface area contributed by atoms with Gasteiger partial charge in [-0.25, -0.2) is 0 Å². The fraction of sp³-hybridized carbons (Fsp3) is 0.917. The van der Waals surface area contributed by atoms with E-state index in [1.54, 1.807) is 0 Å². The van der Waals surface area contributed by atoms with Crippen LogP contribution in [0.3, 0.4) is 0 Å². The van der Waals surface area contributed by atoms with Crippen molar-refractivity contribution in [2.24, 2.45) is 17.1 Å². The lowest BCUT2D eigenvalue weighted by Gasteiger charge is -2.41. The maximum atomic E-state index is 12.0. The Labute approximate surface area is 92.8 Å². The summed E-state index contributed by atoms with van der Waals surface area (Å²) < 4.78 is 0. The van der Waals surface area contributed by atoms with Crippen LogP contribution < -0.4 is 11.1 Å². The van der Waals surface area contributed by atoms with Crippen LogP contribution in [-0.4, -0.2) is 17.5 Å². The van der Waals surface area contributed by atoms with Crippen LogP contribution >= 0.6 is 0 Å². The van der Waals surface area contributed by atoms with E-state index >= 15 is 0 Å². The van der Waals surface area contributed by atoms with E-state index in [1.165, 1.54) is 0 Å². The van der Waals surface area contributed by atoms with Gasteiger partial charge < -0.3 is 11.1 Å². The third-order valence-corrected chi connectivity index (χ3v) is 3.89. The van der Waals surface area contributed by atoms with Crippen LogP contribution in [0, 0.1) is 11.3 Å². The van der Waals surface area contributed by atoms with Crippen molar-refractivity contribution in [3.05, 3.63) is 0 Å². The second kappa shape index (κ2) is 3.78. The summed E-state index contributed by atoms with van der Waals surface area (Å²) in [6.07, 6.45) is 2.21. The van der Waals surface area contributed by atoms with Crippen LogP contribution in [0.5, 0.6) is 0 Å². The third-order valence-electron chi connectivity index (χ3n) is 3.89. The molecule has 0 heterocycles. The fourth-order valence-corrected chi connectivity index (χ4v) is 1.68. The van der Waals surface area contributed by atoms with Gasteiger partial charge >= 0.3 is 0 Å². The first-order valence-electron chi connectivity index (χ1n) is 5.74. The molecule has 15 heavy (non-hydrogen) atoms. The van der Waals surface area contributed by atoms with Crippen LogP contribution in [0.15, 0.2) is 0 Å². The molecule has 0 aromatic carbocycles. The Bertz CT molecular complexity index is 247. The van der Waals surface area contributed by atoms with Crippen molar-refractivity contribution in [1.29, 1.82) is 0 Å². The number of hydrogen-bond acceptors (Lipinski definition) is 2. The van der Waals surface area contributed by atoms with Crippen LogP contribution in [0.2, 0.25) is 0 Å². The summed E-state index contributed by atoms with van der Waals surface area (Å²) in [5.74, 6) is 0.830. The monoisotopic (exact) mass is 212 g/mol. The van der Waals surface area contributed by atoms with Gasteiger partial charge in [-0.3, -0.25) is 4.79 Å². The highest BCUT2D eigenvalue weighted by atomic mass is 16.2. The first kappa shape index (κ1) is 12.5. The predicted octanol–water partition coefficient (Wildman–Crippen LogP) is 1.66. The Balaban J connectivity index is 2.53. The SMILES string of the molecule is CC1CC(NC(=O)C(C)(C)C(C)(C)N)C1. The lowest BCUT2D eigenvalue weighted by atomic mass is 9.73. The molecule has 1 fully saturated rings. The van der Waals surface area contributed by atoms with E-state index in [0.717, 1.165) is 18.8 Å². The molecule has 88 valence electrons. The van der Waals surface area contributed by atoms with Gasteiger partial charge in [0, 0.05) is 11.6 Å². The molecule has 1 aliphatic rings. The number of nitrogens with one attached hydrogen (secondary N) is 1. The fourth-order valence-electron chi connectivity index (χ4n) is 1.68. The Morgan fingerprint density at radius 2 is 1.73 bits per heavy atom. The average Bonchev–Trinajstić information content (AvgIpc) is 1.99. The van der Waals surface area contributed by atoms with Crippen molar-refractivity contribution in [3.63, 3.8) is 0 Å². The molecule has 1 aliphatic carbocycles. The summed E-state index contributed by atoms with van der Waals surface area (Å²) in [5, 5.41) is 3.07. The molecule has 0 atom stereocenters. The minimum absolute atomic E-state index is 0.0758. The maximum Gasteiger partial charge on any atom is 0.227 e. The molecule has 1 amide bonds. The van der Waals surface area contributed by atoms with Crippen molar-refractivity contribution in [1.82, 2.24) is 5.32 Å². The zero-order valence-electron chi connectivity index (χ0n) is 10.6. The highest BCUT2D eigenvalue weighted by Crippen LogP contribution is 2.31. The zero-order chi connectivity index (χ0) is 11.9. The van der Waals surface area contributed by atoms with Gasteiger partial charge in [0.15, 0.2) is 0 Å². The van der Waals surface area contributed by atoms with Gasteiger partial charge in [-0.1, -0.05) is 6.92 Å². The molecule has 0 aliphatic heterocycles. The Hall–Kier alpha value is -0.570. The summed E-state index contributed by atoms with van der Waals surface area (Å²) in [5.41, 5.74) is 5.00. The highest BCUT2D eigenvalue weighted by Gasteiger charge is 2.42. The highest BCUT2D eigenvalue weighted by molar-refractivity contribution is 5.83. The summed E-state index contributed by atoms with van der Waals surface area (Å²) in [6.45, 7) is 9.82. The molecule has 0 unspecified atom stereocenters. The van der Waals surface area contributed by atoms with Crippen molar-refractivity contribution in [2.45, 2.75) is 59.0 Å². The number of nitrogens with two attached hydrogens (primary N) is 1. The Morgan fingerprint density at radius 3 is 2.07 bits per heavy atom. The number of amides is 1. The van der Waals surface area contributed by atoms with Crippen molar-refractivity contribution in [3.8, 4) is 0 Å². The van der Waals surface area contributed by atoms with E-state index in [-0.39, 0.29) is 5.91 Å². The van der Waals surface area contributed by atoms with E-state index in [0.29, 0.717) is 6.04 Å². The van der Waals surface area contributed by atoms with Gasteiger partial charge in [0.1, 0.15) is 0 Å². The third kappa shape index (κ3) is 2.51. The first-order valence-corrected chi connectivity index (χ1v) is 5.74. The molecule has 0 radical (unpaired) electrons. The molecule has 1 saturated carbocycles. The molecule has 0 aromatic rings. The topological polar surface area (TPSA) is 55.1 Å². The molecule has 3 N–H and O–H groups in total. The summed E-state index contributed by atoms with van der Waals surface area (Å²) in [4.78, 5) is 12.0. The standard InChI is InChI=1S/C12H24N2O/c1-8-6-9(7-8)14-10(15)11(2,3)12(4,5)13/h8-9H,6-7,13H2,1-5H3,(H,14,15). The smallest absolute Gasteiger partial charge is 0.227 e. The number of carbonyl (C=O) groups excluding carboxylic acids is 1. The first-order chi connectivity index (χ1) is 6.64. The lowest BCUT2D eigenvalue weighted by molar-refractivity contribution is -0.133. The normalized spacial score (nSPS) is 27.1. The molecule has 3 heteroatoms. The zero-order valence-corrected chi connectivity index (χ0v) is 10.6. The molecule has 1 rings (SSSR count). The quantitative estimate of drug-likeness (QED) is 0.747. The molecule has 0 spiro atoms. The predicted molar refractivity (Wildman–Crippen MR) is 62.4 cm³/mol. The minimum atomic E-state index is -0.522. The molecule has 0 saturated heterocycles. The van der Waals surface area contributed by atoms with Crippen LogP contribution in [-0.2, 0) is 4.79 Å². The Kier molecular flexibility index (Phi) is 3.15. The largest absolute Gasteiger partial charge is 0.353 e. The van der Waals surface area contributed by atoms with Crippen LogP contribution in [0.4, 0.5) is 0 Å². The van der Waals surface area contributed by atoms with E-state index in [9.17, 15) is 4.79 Å². The summed E-state index contributed by atoms with van der Waals surface area (Å²) in [6, 6.07) is 0.370. The van der Waals surface area contributed by atoms with Gasteiger partial charge in [0.05, 0.1) is 5.41 Å². The van der Waals surface area contributed by atoms with E-state index in [2.05, 4.69) is 12.2 Å². The van der Waals surface area contributed by atoms with Crippen LogP contribution in [0.1, 0.15) is 47.5 Å². The molecule has 0 aromatic heterocycles. The number of rotatable bonds is 3. The number of carbonyl (C=O) groups is 1. The van der Waals surface area contributed by atoms with E-state index in [4.69, 9.17) is 5.73 Å². The lowest BCUT2D eigenvalue weighted by Crippen LogP contribution is -2.58. The van der Waals surface area contributed by atoms with Crippen molar-refractivity contribution in [2.75, 3.05) is 0 Å². The summed E-state index contributed by atoms with van der Waals surface area (Å²) in [7, 11) is 0. The molecular formula is C12H24N2O. The van der Waals surface area contributed by atoms with Gasteiger partial charge in [0.25, 0.3) is 0 Å². The van der Waals surface area contributed by atoms with Gasteiger partial charge in [-0.2, -0.15) is 0 Å². The second-order valence-electron chi connectivity index (χ2n) is 6.09. The van der Waals surface area contributed by atoms with Crippen molar-refractivity contribution >= 4 is 5.91 Å². The minimum Gasteiger partial charge on any atom is -0.353 e. The molecule has 3 nitrogen and oxygen atoms in total. The number of hydrogen-bond donors (Lipinski definition) is 2. The van der Waals surface area contributed by atoms with Gasteiger partial charge in [-0.15, -0.1) is 0 Å². The van der Waals surface area contributed by atoms with E-state index < -0.39 is 11.0 Å². The van der Waals surface area contributed by atoms with Gasteiger partial charge in [-0.05, 0) is 46.5 Å². The van der Waals surface area contributed by atoms with Gasteiger partial charge in [0.2, 0.25) is 5.91 Å². The maximum absolute atomic E-state index is 12.0. The van der Waals surface area contributed by atoms with Crippen molar-refractivity contribution < 1.29 is 4.79 Å². The molecular weight excluding hydrogens is 188 g/mol. The second-order valence-corrected chi connectivity index (χ2v) is 6.09. The van der Waals surface area contributed by atoms with Crippen LogP contribution in [0.25, 0.3) is 0 Å². The summed E-state index contributed by atoms with van der Waals surface area (Å²) >= 11 is 0. The Morgan fingerprint density at radius 1 is 1.27 bits per heavy atom. The molecule has 0 bridgehead atoms. The average molecular weight is 212 g/mol.